The Labute approximate surface area is 125 Å². The summed E-state index contributed by atoms with van der Waals surface area (Å²) in [5.41, 5.74) is 7.37. The molecule has 1 aliphatic heterocycles. The van der Waals surface area contributed by atoms with Gasteiger partial charge in [0.1, 0.15) is 5.75 Å². The van der Waals surface area contributed by atoms with E-state index in [0.29, 0.717) is 17.4 Å². The first kappa shape index (κ1) is 15.6. The van der Waals surface area contributed by atoms with Crippen LogP contribution < -0.4 is 10.5 Å². The molecule has 3 N–H and O–H groups in total. The van der Waals surface area contributed by atoms with E-state index in [1.807, 2.05) is 18.2 Å². The minimum atomic E-state index is 0.0517. The van der Waals surface area contributed by atoms with Crippen LogP contribution in [-0.4, -0.2) is 48.9 Å². The van der Waals surface area contributed by atoms with Crippen molar-refractivity contribution in [1.82, 2.24) is 4.90 Å². The highest BCUT2D eigenvalue weighted by atomic mass is 16.5. The van der Waals surface area contributed by atoms with Crippen LogP contribution in [0.5, 0.6) is 5.75 Å². The van der Waals surface area contributed by atoms with Gasteiger partial charge in [0.15, 0.2) is 5.84 Å². The van der Waals surface area contributed by atoms with Gasteiger partial charge in [-0.2, -0.15) is 0 Å². The molecule has 0 aliphatic carbocycles. The Morgan fingerprint density at radius 2 is 2.38 bits per heavy atom. The Bertz CT molecular complexity index is 505. The van der Waals surface area contributed by atoms with Crippen molar-refractivity contribution in [1.29, 1.82) is 0 Å². The maximum atomic E-state index is 8.78. The third-order valence-electron chi connectivity index (χ3n) is 3.73. The molecule has 0 saturated carbocycles. The number of hydrogen-bond donors (Lipinski definition) is 2. The van der Waals surface area contributed by atoms with Gasteiger partial charge in [-0.3, -0.25) is 4.90 Å². The third-order valence-corrected chi connectivity index (χ3v) is 3.73. The number of ether oxygens (including phenoxy) is 2. The average Bonchev–Trinajstić information content (AvgIpc) is 2.54. The number of rotatable bonds is 5. The zero-order valence-electron chi connectivity index (χ0n) is 12.6. The van der Waals surface area contributed by atoms with Crippen molar-refractivity contribution in [2.45, 2.75) is 26.0 Å². The van der Waals surface area contributed by atoms with E-state index in [9.17, 15) is 0 Å². The second-order valence-electron chi connectivity index (χ2n) is 5.16. The molecule has 0 spiro atoms. The van der Waals surface area contributed by atoms with Gasteiger partial charge in [-0.1, -0.05) is 18.1 Å². The van der Waals surface area contributed by atoms with E-state index in [2.05, 4.69) is 17.0 Å². The van der Waals surface area contributed by atoms with Gasteiger partial charge in [-0.05, 0) is 24.1 Å². The molecular formula is C15H23N3O3. The molecule has 6 nitrogen and oxygen atoms in total. The van der Waals surface area contributed by atoms with Gasteiger partial charge in [0.05, 0.1) is 25.4 Å². The Balaban J connectivity index is 2.10. The first-order valence-electron chi connectivity index (χ1n) is 7.16. The predicted molar refractivity (Wildman–Crippen MR) is 80.8 cm³/mol. The zero-order chi connectivity index (χ0) is 15.2. The van der Waals surface area contributed by atoms with Gasteiger partial charge in [0.2, 0.25) is 0 Å². The molecule has 1 unspecified atom stereocenters. The van der Waals surface area contributed by atoms with Crippen LogP contribution in [0.1, 0.15) is 24.5 Å². The second kappa shape index (κ2) is 7.28. The minimum absolute atomic E-state index is 0.0517. The lowest BCUT2D eigenvalue weighted by Crippen LogP contribution is -2.41. The summed E-state index contributed by atoms with van der Waals surface area (Å²) in [6.07, 6.45) is 1.35. The Morgan fingerprint density at radius 1 is 1.57 bits per heavy atom. The summed E-state index contributed by atoms with van der Waals surface area (Å²) in [4.78, 5) is 2.37. The molecule has 2 rings (SSSR count). The molecule has 1 heterocycles. The molecule has 0 bridgehead atoms. The average molecular weight is 293 g/mol. The highest BCUT2D eigenvalue weighted by Gasteiger charge is 2.19. The standard InChI is InChI=1S/C15H23N3O3/c1-3-12-10-18(6-7-21-12)9-11-4-5-13(15(16)17-19)14(8-11)20-2/h4-5,8,12,19H,3,6-7,9-10H2,1-2H3,(H2,16,17). The molecule has 1 aromatic rings. The molecule has 1 atom stereocenters. The van der Waals surface area contributed by atoms with E-state index in [1.165, 1.54) is 0 Å². The van der Waals surface area contributed by atoms with Crippen LogP contribution in [0.3, 0.4) is 0 Å². The number of hydrogen-bond acceptors (Lipinski definition) is 5. The van der Waals surface area contributed by atoms with Crippen molar-refractivity contribution in [3.63, 3.8) is 0 Å². The lowest BCUT2D eigenvalue weighted by Gasteiger charge is -2.32. The SMILES string of the molecule is CCC1CN(Cc2ccc(/C(N)=N/O)c(OC)c2)CCO1. The monoisotopic (exact) mass is 293 g/mol. The smallest absolute Gasteiger partial charge is 0.173 e. The minimum Gasteiger partial charge on any atom is -0.496 e. The number of methoxy groups -OCH3 is 1. The fraction of sp³-hybridized carbons (Fsp3) is 0.533. The van der Waals surface area contributed by atoms with Crippen molar-refractivity contribution in [2.24, 2.45) is 10.9 Å². The normalized spacial score (nSPS) is 20.5. The van der Waals surface area contributed by atoms with Crippen molar-refractivity contribution >= 4 is 5.84 Å². The van der Waals surface area contributed by atoms with Crippen molar-refractivity contribution < 1.29 is 14.7 Å². The van der Waals surface area contributed by atoms with Crippen LogP contribution in [0.15, 0.2) is 23.4 Å². The quantitative estimate of drug-likeness (QED) is 0.371. The third kappa shape index (κ3) is 3.86. The Kier molecular flexibility index (Phi) is 5.41. The maximum Gasteiger partial charge on any atom is 0.173 e. The molecule has 21 heavy (non-hydrogen) atoms. The molecule has 0 amide bonds. The number of benzene rings is 1. The number of nitrogens with two attached hydrogens (primary N) is 1. The van der Waals surface area contributed by atoms with Gasteiger partial charge < -0.3 is 20.4 Å². The van der Waals surface area contributed by atoms with E-state index in [4.69, 9.17) is 20.4 Å². The lowest BCUT2D eigenvalue weighted by molar-refractivity contribution is -0.0324. The molecular weight excluding hydrogens is 270 g/mol. The number of amidine groups is 1. The number of oxime groups is 1. The van der Waals surface area contributed by atoms with E-state index < -0.39 is 0 Å². The number of nitrogens with zero attached hydrogens (tertiary/aromatic N) is 2. The van der Waals surface area contributed by atoms with Gasteiger partial charge in [0.25, 0.3) is 0 Å². The molecule has 0 aromatic heterocycles. The highest BCUT2D eigenvalue weighted by molar-refractivity contribution is 5.99. The van der Waals surface area contributed by atoms with Gasteiger partial charge in [0, 0.05) is 19.6 Å². The number of morpholine rings is 1. The van der Waals surface area contributed by atoms with Gasteiger partial charge in [-0.25, -0.2) is 0 Å². The summed E-state index contributed by atoms with van der Waals surface area (Å²) < 4.78 is 11.0. The summed E-state index contributed by atoms with van der Waals surface area (Å²) in [6.45, 7) is 5.63. The Hall–Kier alpha value is -1.79. The van der Waals surface area contributed by atoms with E-state index >= 15 is 0 Å². The van der Waals surface area contributed by atoms with Crippen LogP contribution in [0.25, 0.3) is 0 Å². The molecule has 0 radical (unpaired) electrons. The van der Waals surface area contributed by atoms with Crippen LogP contribution in [-0.2, 0) is 11.3 Å². The fourth-order valence-corrected chi connectivity index (χ4v) is 2.53. The molecule has 1 aromatic carbocycles. The fourth-order valence-electron chi connectivity index (χ4n) is 2.53. The van der Waals surface area contributed by atoms with Gasteiger partial charge in [-0.15, -0.1) is 0 Å². The topological polar surface area (TPSA) is 80.3 Å². The first-order chi connectivity index (χ1) is 10.2. The molecule has 1 aliphatic rings. The van der Waals surface area contributed by atoms with Crippen LogP contribution >= 0.6 is 0 Å². The summed E-state index contributed by atoms with van der Waals surface area (Å²) in [7, 11) is 1.58. The predicted octanol–water partition coefficient (Wildman–Crippen LogP) is 1.40. The summed E-state index contributed by atoms with van der Waals surface area (Å²) in [6, 6.07) is 5.73. The lowest BCUT2D eigenvalue weighted by atomic mass is 10.1. The van der Waals surface area contributed by atoms with Crippen LogP contribution in [0.4, 0.5) is 0 Å². The first-order valence-corrected chi connectivity index (χ1v) is 7.16. The van der Waals surface area contributed by atoms with E-state index in [-0.39, 0.29) is 5.84 Å². The van der Waals surface area contributed by atoms with Crippen molar-refractivity contribution in [3.8, 4) is 5.75 Å². The molecule has 1 fully saturated rings. The van der Waals surface area contributed by atoms with Crippen molar-refractivity contribution in [2.75, 3.05) is 26.8 Å². The molecule has 6 heteroatoms. The highest BCUT2D eigenvalue weighted by Crippen LogP contribution is 2.22. The Morgan fingerprint density at radius 3 is 3.05 bits per heavy atom. The summed E-state index contributed by atoms with van der Waals surface area (Å²) in [5.74, 6) is 0.666. The molecule has 1 saturated heterocycles. The second-order valence-corrected chi connectivity index (χ2v) is 5.16. The molecule has 116 valence electrons. The van der Waals surface area contributed by atoms with Crippen LogP contribution in [0.2, 0.25) is 0 Å². The maximum absolute atomic E-state index is 8.78. The zero-order valence-corrected chi connectivity index (χ0v) is 12.6. The van der Waals surface area contributed by atoms with Gasteiger partial charge >= 0.3 is 0 Å². The summed E-state index contributed by atoms with van der Waals surface area (Å²) >= 11 is 0. The van der Waals surface area contributed by atoms with Crippen molar-refractivity contribution in [3.05, 3.63) is 29.3 Å². The largest absolute Gasteiger partial charge is 0.496 e. The summed E-state index contributed by atoms with van der Waals surface area (Å²) in [5, 5.41) is 11.8. The van der Waals surface area contributed by atoms with E-state index in [0.717, 1.165) is 38.2 Å². The van der Waals surface area contributed by atoms with Crippen LogP contribution in [0, 0.1) is 0 Å². The van der Waals surface area contributed by atoms with E-state index in [1.54, 1.807) is 7.11 Å².